The van der Waals surface area contributed by atoms with Gasteiger partial charge >= 0.3 is 0 Å². The average Bonchev–Trinajstić information content (AvgIpc) is 2.39. The Kier molecular flexibility index (Phi) is 4.78. The molecule has 0 aromatic heterocycles. The highest BCUT2D eigenvalue weighted by atomic mass is 14.7. The fourth-order valence-corrected chi connectivity index (χ4v) is 2.37. The van der Waals surface area contributed by atoms with E-state index in [0.717, 1.165) is 5.69 Å². The van der Waals surface area contributed by atoms with E-state index in [1.54, 1.807) is 0 Å². The van der Waals surface area contributed by atoms with Crippen LogP contribution in [0.25, 0.3) is 0 Å². The Morgan fingerprint density at radius 2 is 1.71 bits per heavy atom. The van der Waals surface area contributed by atoms with Gasteiger partial charge in [0.2, 0.25) is 0 Å². The van der Waals surface area contributed by atoms with E-state index in [4.69, 9.17) is 4.99 Å². The molecule has 17 heavy (non-hydrogen) atoms. The molecule has 0 atom stereocenters. The van der Waals surface area contributed by atoms with Gasteiger partial charge in [0.25, 0.3) is 0 Å². The summed E-state index contributed by atoms with van der Waals surface area (Å²) in [5, 5.41) is 0. The summed E-state index contributed by atoms with van der Waals surface area (Å²) in [6.45, 7) is 2.24. The first kappa shape index (κ1) is 12.3. The summed E-state index contributed by atoms with van der Waals surface area (Å²) in [6, 6.07) is 8.81. The lowest BCUT2D eigenvalue weighted by atomic mass is 9.98. The zero-order valence-corrected chi connectivity index (χ0v) is 10.9. The van der Waals surface area contributed by atoms with Gasteiger partial charge in [0.15, 0.2) is 0 Å². The molecule has 0 spiro atoms. The lowest BCUT2D eigenvalue weighted by Crippen LogP contribution is -2.03. The minimum atomic E-state index is 1.14. The predicted molar refractivity (Wildman–Crippen MR) is 75.2 cm³/mol. The largest absolute Gasteiger partial charge is 0.258 e. The summed E-state index contributed by atoms with van der Waals surface area (Å²) in [7, 11) is 0. The number of aryl methyl sites for hydroxylation is 1. The van der Waals surface area contributed by atoms with Gasteiger partial charge in [-0.3, -0.25) is 4.99 Å². The maximum atomic E-state index is 4.76. The van der Waals surface area contributed by atoms with Crippen molar-refractivity contribution < 1.29 is 0 Å². The monoisotopic (exact) mass is 229 g/mol. The molecule has 1 aromatic carbocycles. The second-order valence-corrected chi connectivity index (χ2v) is 5.01. The highest BCUT2D eigenvalue weighted by molar-refractivity contribution is 5.87. The standard InChI is InChI=1S/C16H23N/c1-2-3-7-14-10-12-16(13-11-14)17-15-8-5-4-6-9-15/h10-13H,2-9H2,1H3. The topological polar surface area (TPSA) is 12.4 Å². The fraction of sp³-hybridized carbons (Fsp3) is 0.562. The molecule has 1 heteroatoms. The van der Waals surface area contributed by atoms with Gasteiger partial charge in [0.05, 0.1) is 5.69 Å². The van der Waals surface area contributed by atoms with Gasteiger partial charge in [-0.25, -0.2) is 0 Å². The third-order valence-electron chi connectivity index (χ3n) is 3.47. The Morgan fingerprint density at radius 3 is 2.35 bits per heavy atom. The zero-order chi connectivity index (χ0) is 11.9. The van der Waals surface area contributed by atoms with Crippen LogP contribution in [0.2, 0.25) is 0 Å². The van der Waals surface area contributed by atoms with Gasteiger partial charge in [0, 0.05) is 5.71 Å². The van der Waals surface area contributed by atoms with Crippen LogP contribution in [0.4, 0.5) is 5.69 Å². The Balaban J connectivity index is 1.97. The van der Waals surface area contributed by atoms with E-state index in [2.05, 4.69) is 31.2 Å². The van der Waals surface area contributed by atoms with Crippen LogP contribution in [0.15, 0.2) is 29.3 Å². The van der Waals surface area contributed by atoms with E-state index in [0.29, 0.717) is 0 Å². The molecule has 1 aromatic rings. The molecule has 1 saturated carbocycles. The van der Waals surface area contributed by atoms with Crippen molar-refractivity contribution in [1.82, 2.24) is 0 Å². The van der Waals surface area contributed by atoms with E-state index < -0.39 is 0 Å². The maximum Gasteiger partial charge on any atom is 0.0629 e. The molecule has 0 saturated heterocycles. The number of aliphatic imine (C=N–C) groups is 1. The highest BCUT2D eigenvalue weighted by Crippen LogP contribution is 2.20. The summed E-state index contributed by atoms with van der Waals surface area (Å²) in [4.78, 5) is 4.76. The number of nitrogens with zero attached hydrogens (tertiary/aromatic N) is 1. The fourth-order valence-electron chi connectivity index (χ4n) is 2.37. The predicted octanol–water partition coefficient (Wildman–Crippen LogP) is 5.07. The van der Waals surface area contributed by atoms with Gasteiger partial charge in [-0.05, 0) is 56.2 Å². The highest BCUT2D eigenvalue weighted by Gasteiger charge is 2.06. The number of hydrogen-bond donors (Lipinski definition) is 0. The van der Waals surface area contributed by atoms with E-state index in [1.807, 2.05) is 0 Å². The van der Waals surface area contributed by atoms with Crippen LogP contribution in [-0.2, 0) is 6.42 Å². The lowest BCUT2D eigenvalue weighted by Gasteiger charge is -2.12. The minimum absolute atomic E-state index is 1.14. The molecule has 0 amide bonds. The molecule has 1 fully saturated rings. The third kappa shape index (κ3) is 3.99. The van der Waals surface area contributed by atoms with Crippen LogP contribution in [-0.4, -0.2) is 5.71 Å². The molecule has 1 aliphatic carbocycles. The molecule has 92 valence electrons. The normalized spacial score (nSPS) is 15.9. The van der Waals surface area contributed by atoms with Crippen molar-refractivity contribution in [3.8, 4) is 0 Å². The molecule has 0 radical (unpaired) electrons. The molecule has 0 N–H and O–H groups in total. The smallest absolute Gasteiger partial charge is 0.0629 e. The van der Waals surface area contributed by atoms with Crippen LogP contribution in [0.5, 0.6) is 0 Å². The van der Waals surface area contributed by atoms with E-state index in [1.165, 1.54) is 62.6 Å². The molecular formula is C16H23N. The number of hydrogen-bond acceptors (Lipinski definition) is 1. The third-order valence-corrected chi connectivity index (χ3v) is 3.47. The van der Waals surface area contributed by atoms with Gasteiger partial charge in [0.1, 0.15) is 0 Å². The van der Waals surface area contributed by atoms with Crippen LogP contribution < -0.4 is 0 Å². The second-order valence-electron chi connectivity index (χ2n) is 5.01. The minimum Gasteiger partial charge on any atom is -0.258 e. The molecule has 1 aliphatic rings. The van der Waals surface area contributed by atoms with Crippen molar-refractivity contribution in [3.05, 3.63) is 29.8 Å². The Bertz CT molecular complexity index is 354. The average molecular weight is 229 g/mol. The Labute approximate surface area is 105 Å². The van der Waals surface area contributed by atoms with Crippen molar-refractivity contribution in [1.29, 1.82) is 0 Å². The van der Waals surface area contributed by atoms with E-state index in [9.17, 15) is 0 Å². The molecule has 1 nitrogen and oxygen atoms in total. The first-order valence-electron chi connectivity index (χ1n) is 7.04. The van der Waals surface area contributed by atoms with Crippen molar-refractivity contribution in [2.24, 2.45) is 4.99 Å². The molecule has 0 unspecified atom stereocenters. The zero-order valence-electron chi connectivity index (χ0n) is 10.9. The number of benzene rings is 1. The SMILES string of the molecule is CCCCc1ccc(N=C2CCCCC2)cc1. The van der Waals surface area contributed by atoms with Crippen molar-refractivity contribution in [3.63, 3.8) is 0 Å². The van der Waals surface area contributed by atoms with Crippen LogP contribution in [0, 0.1) is 0 Å². The summed E-state index contributed by atoms with van der Waals surface area (Å²) in [6.07, 6.45) is 10.2. The van der Waals surface area contributed by atoms with Gasteiger partial charge < -0.3 is 0 Å². The summed E-state index contributed by atoms with van der Waals surface area (Å²) >= 11 is 0. The van der Waals surface area contributed by atoms with E-state index in [-0.39, 0.29) is 0 Å². The quantitative estimate of drug-likeness (QED) is 0.684. The summed E-state index contributed by atoms with van der Waals surface area (Å²) in [5.41, 5.74) is 3.99. The van der Waals surface area contributed by atoms with Gasteiger partial charge in [-0.1, -0.05) is 31.9 Å². The maximum absolute atomic E-state index is 4.76. The molecule has 0 heterocycles. The molecule has 0 aliphatic heterocycles. The van der Waals surface area contributed by atoms with Crippen molar-refractivity contribution >= 4 is 11.4 Å². The number of unbranched alkanes of at least 4 members (excludes halogenated alkanes) is 1. The first-order valence-corrected chi connectivity index (χ1v) is 7.04. The first-order chi connectivity index (χ1) is 8.38. The van der Waals surface area contributed by atoms with Crippen LogP contribution in [0.1, 0.15) is 57.4 Å². The van der Waals surface area contributed by atoms with Crippen LogP contribution in [0.3, 0.4) is 0 Å². The van der Waals surface area contributed by atoms with Crippen LogP contribution >= 0.6 is 0 Å². The molecule has 2 rings (SSSR count). The van der Waals surface area contributed by atoms with Gasteiger partial charge in [-0.15, -0.1) is 0 Å². The van der Waals surface area contributed by atoms with Crippen molar-refractivity contribution in [2.75, 3.05) is 0 Å². The summed E-state index contributed by atoms with van der Waals surface area (Å²) in [5.74, 6) is 0. The second kappa shape index (κ2) is 6.58. The Morgan fingerprint density at radius 1 is 1.00 bits per heavy atom. The van der Waals surface area contributed by atoms with Crippen molar-refractivity contribution in [2.45, 2.75) is 58.3 Å². The summed E-state index contributed by atoms with van der Waals surface area (Å²) < 4.78 is 0. The molecule has 0 bridgehead atoms. The molecular weight excluding hydrogens is 206 g/mol. The Hall–Kier alpha value is -1.11. The number of rotatable bonds is 4. The van der Waals surface area contributed by atoms with Gasteiger partial charge in [-0.2, -0.15) is 0 Å². The lowest BCUT2D eigenvalue weighted by molar-refractivity contribution is 0.667. The van der Waals surface area contributed by atoms with E-state index >= 15 is 0 Å².